The largest absolute Gasteiger partial charge is 0.480 e. The van der Waals surface area contributed by atoms with Crippen molar-refractivity contribution in [3.8, 4) is 0 Å². The van der Waals surface area contributed by atoms with Gasteiger partial charge in [-0.15, -0.1) is 0 Å². The zero-order chi connectivity index (χ0) is 12.8. The highest BCUT2D eigenvalue weighted by molar-refractivity contribution is 5.83. The standard InChI is InChI=1S/C10H17N3O4/c11-8(14)5-4-7(9(15)16)13-10(17)12-6-2-1-3-6/h6-7H,1-5H2,(H2,11,14)(H,15,16)(H2,12,13,17)/t7-/m1/s1. The van der Waals surface area contributed by atoms with E-state index in [4.69, 9.17) is 10.8 Å². The summed E-state index contributed by atoms with van der Waals surface area (Å²) in [5.41, 5.74) is 4.92. The second-order valence-electron chi connectivity index (χ2n) is 4.14. The lowest BCUT2D eigenvalue weighted by Crippen LogP contribution is -2.50. The molecule has 1 atom stereocenters. The Balaban J connectivity index is 2.33. The molecule has 0 aromatic carbocycles. The van der Waals surface area contributed by atoms with Crippen LogP contribution in [0.25, 0.3) is 0 Å². The highest BCUT2D eigenvalue weighted by Crippen LogP contribution is 2.17. The second kappa shape index (κ2) is 6.07. The molecule has 0 heterocycles. The van der Waals surface area contributed by atoms with E-state index in [9.17, 15) is 14.4 Å². The summed E-state index contributed by atoms with van der Waals surface area (Å²) in [6.45, 7) is 0. The molecule has 1 aliphatic carbocycles. The highest BCUT2D eigenvalue weighted by atomic mass is 16.4. The van der Waals surface area contributed by atoms with Crippen molar-refractivity contribution in [2.24, 2.45) is 5.73 Å². The number of amides is 3. The van der Waals surface area contributed by atoms with Gasteiger partial charge in [-0.25, -0.2) is 9.59 Å². The van der Waals surface area contributed by atoms with Crippen LogP contribution in [0, 0.1) is 0 Å². The van der Waals surface area contributed by atoms with Crippen LogP contribution in [0.2, 0.25) is 0 Å². The molecule has 0 aromatic heterocycles. The molecule has 0 bridgehead atoms. The molecule has 7 nitrogen and oxygen atoms in total. The van der Waals surface area contributed by atoms with Crippen molar-refractivity contribution >= 4 is 17.9 Å². The van der Waals surface area contributed by atoms with Crippen LogP contribution in [0.3, 0.4) is 0 Å². The van der Waals surface area contributed by atoms with Gasteiger partial charge in [-0.3, -0.25) is 4.79 Å². The molecule has 0 aromatic rings. The van der Waals surface area contributed by atoms with E-state index in [1.807, 2.05) is 0 Å². The minimum absolute atomic E-state index is 0.00273. The normalized spacial score (nSPS) is 16.7. The van der Waals surface area contributed by atoms with Crippen molar-refractivity contribution in [3.63, 3.8) is 0 Å². The van der Waals surface area contributed by atoms with Crippen LogP contribution in [0.4, 0.5) is 4.79 Å². The number of hydrogen-bond donors (Lipinski definition) is 4. The number of aliphatic carboxylic acids is 1. The molecule has 0 radical (unpaired) electrons. The number of carboxylic acid groups (broad SMARTS) is 1. The number of nitrogens with one attached hydrogen (secondary N) is 2. The topological polar surface area (TPSA) is 122 Å². The van der Waals surface area contributed by atoms with Gasteiger partial charge in [0.15, 0.2) is 0 Å². The third-order valence-electron chi connectivity index (χ3n) is 2.72. The Hall–Kier alpha value is -1.79. The third kappa shape index (κ3) is 4.71. The molecule has 5 N–H and O–H groups in total. The summed E-state index contributed by atoms with van der Waals surface area (Å²) in [5, 5.41) is 13.8. The summed E-state index contributed by atoms with van der Waals surface area (Å²) in [6, 6.07) is -1.45. The van der Waals surface area contributed by atoms with Crippen molar-refractivity contribution < 1.29 is 19.5 Å². The van der Waals surface area contributed by atoms with Gasteiger partial charge in [0.2, 0.25) is 5.91 Å². The van der Waals surface area contributed by atoms with Gasteiger partial charge in [-0.1, -0.05) is 0 Å². The zero-order valence-corrected chi connectivity index (χ0v) is 9.44. The van der Waals surface area contributed by atoms with Gasteiger partial charge in [0, 0.05) is 12.5 Å². The van der Waals surface area contributed by atoms with E-state index in [1.54, 1.807) is 0 Å². The Morgan fingerprint density at radius 1 is 1.35 bits per heavy atom. The van der Waals surface area contributed by atoms with Crippen LogP contribution in [-0.2, 0) is 9.59 Å². The fourth-order valence-corrected chi connectivity index (χ4v) is 1.48. The minimum Gasteiger partial charge on any atom is -0.480 e. The minimum atomic E-state index is -1.17. The number of hydrogen-bond acceptors (Lipinski definition) is 3. The van der Waals surface area contributed by atoms with E-state index in [1.165, 1.54) is 0 Å². The quantitative estimate of drug-likeness (QED) is 0.505. The second-order valence-corrected chi connectivity index (χ2v) is 4.14. The average Bonchev–Trinajstić information content (AvgIpc) is 2.17. The maximum Gasteiger partial charge on any atom is 0.326 e. The van der Waals surface area contributed by atoms with Crippen LogP contribution < -0.4 is 16.4 Å². The summed E-state index contributed by atoms with van der Waals surface area (Å²) < 4.78 is 0. The van der Waals surface area contributed by atoms with Gasteiger partial charge in [0.05, 0.1) is 0 Å². The first-order chi connectivity index (χ1) is 7.99. The zero-order valence-electron chi connectivity index (χ0n) is 9.44. The molecule has 1 fully saturated rings. The van der Waals surface area contributed by atoms with Gasteiger partial charge < -0.3 is 21.5 Å². The fraction of sp³-hybridized carbons (Fsp3) is 0.700. The maximum absolute atomic E-state index is 11.4. The summed E-state index contributed by atoms with van der Waals surface area (Å²) in [4.78, 5) is 32.8. The number of primary amides is 1. The fourth-order valence-electron chi connectivity index (χ4n) is 1.48. The molecule has 1 aliphatic rings. The number of carbonyl (C=O) groups is 3. The smallest absolute Gasteiger partial charge is 0.326 e. The van der Waals surface area contributed by atoms with E-state index in [0.29, 0.717) is 0 Å². The number of urea groups is 1. The van der Waals surface area contributed by atoms with Crippen molar-refractivity contribution in [3.05, 3.63) is 0 Å². The third-order valence-corrected chi connectivity index (χ3v) is 2.72. The van der Waals surface area contributed by atoms with Crippen molar-refractivity contribution in [2.75, 3.05) is 0 Å². The van der Waals surface area contributed by atoms with E-state index in [-0.39, 0.29) is 18.9 Å². The van der Waals surface area contributed by atoms with E-state index in [0.717, 1.165) is 19.3 Å². The predicted octanol–water partition coefficient (Wildman–Crippen LogP) is -0.443. The number of carbonyl (C=O) groups excluding carboxylic acids is 2. The number of carboxylic acids is 1. The lowest BCUT2D eigenvalue weighted by atomic mass is 9.93. The lowest BCUT2D eigenvalue weighted by molar-refractivity contribution is -0.139. The first kappa shape index (κ1) is 13.3. The summed E-state index contributed by atoms with van der Waals surface area (Å²) >= 11 is 0. The van der Waals surface area contributed by atoms with Gasteiger partial charge in [-0.05, 0) is 25.7 Å². The van der Waals surface area contributed by atoms with E-state index in [2.05, 4.69) is 10.6 Å². The number of nitrogens with two attached hydrogens (primary N) is 1. The van der Waals surface area contributed by atoms with Crippen LogP contribution in [0.1, 0.15) is 32.1 Å². The molecule has 3 amide bonds. The van der Waals surface area contributed by atoms with Gasteiger partial charge in [-0.2, -0.15) is 0 Å². The Bertz CT molecular complexity index is 315. The molecular weight excluding hydrogens is 226 g/mol. The van der Waals surface area contributed by atoms with Gasteiger partial charge in [0.25, 0.3) is 0 Å². The molecule has 1 rings (SSSR count). The molecular formula is C10H17N3O4. The van der Waals surface area contributed by atoms with Crippen molar-refractivity contribution in [1.29, 1.82) is 0 Å². The Morgan fingerprint density at radius 2 is 2.00 bits per heavy atom. The van der Waals surface area contributed by atoms with E-state index >= 15 is 0 Å². The summed E-state index contributed by atoms with van der Waals surface area (Å²) in [7, 11) is 0. The van der Waals surface area contributed by atoms with Gasteiger partial charge in [0.1, 0.15) is 6.04 Å². The van der Waals surface area contributed by atoms with Crippen molar-refractivity contribution in [1.82, 2.24) is 10.6 Å². The highest BCUT2D eigenvalue weighted by Gasteiger charge is 2.24. The average molecular weight is 243 g/mol. The molecule has 96 valence electrons. The predicted molar refractivity (Wildman–Crippen MR) is 59.2 cm³/mol. The Morgan fingerprint density at radius 3 is 2.41 bits per heavy atom. The van der Waals surface area contributed by atoms with Crippen LogP contribution in [-0.4, -0.2) is 35.1 Å². The first-order valence-corrected chi connectivity index (χ1v) is 5.57. The Kier molecular flexibility index (Phi) is 4.74. The monoisotopic (exact) mass is 243 g/mol. The molecule has 7 heteroatoms. The maximum atomic E-state index is 11.4. The van der Waals surface area contributed by atoms with Crippen LogP contribution in [0.15, 0.2) is 0 Å². The molecule has 0 saturated heterocycles. The molecule has 1 saturated carbocycles. The lowest BCUT2D eigenvalue weighted by Gasteiger charge is -2.27. The van der Waals surface area contributed by atoms with Crippen molar-refractivity contribution in [2.45, 2.75) is 44.2 Å². The van der Waals surface area contributed by atoms with Crippen LogP contribution >= 0.6 is 0 Å². The molecule has 0 aliphatic heterocycles. The SMILES string of the molecule is NC(=O)CC[C@@H](NC(=O)NC1CCC1)C(=O)O. The van der Waals surface area contributed by atoms with E-state index < -0.39 is 23.9 Å². The molecule has 17 heavy (non-hydrogen) atoms. The summed E-state index contributed by atoms with van der Waals surface area (Å²) in [6.07, 6.45) is 2.86. The molecule has 0 unspecified atom stereocenters. The van der Waals surface area contributed by atoms with Crippen LogP contribution in [0.5, 0.6) is 0 Å². The first-order valence-electron chi connectivity index (χ1n) is 5.57. The molecule has 0 spiro atoms. The Labute approximate surface area is 98.7 Å². The summed E-state index contributed by atoms with van der Waals surface area (Å²) in [5.74, 6) is -1.76. The number of rotatable bonds is 6. The van der Waals surface area contributed by atoms with Gasteiger partial charge >= 0.3 is 12.0 Å².